The Balaban J connectivity index is 2.18. The van der Waals surface area contributed by atoms with Crippen LogP contribution in [0.15, 0.2) is 0 Å². The normalized spacial score (nSPS) is 24.1. The molecule has 1 rings (SSSR count). The molecule has 0 spiro atoms. The first-order valence-corrected chi connectivity index (χ1v) is 6.25. The summed E-state index contributed by atoms with van der Waals surface area (Å²) in [6.07, 6.45) is 4.96. The molecule has 1 aliphatic rings. The molecule has 0 bridgehead atoms. The fourth-order valence-electron chi connectivity index (χ4n) is 2.16. The summed E-state index contributed by atoms with van der Waals surface area (Å²) >= 11 is 0. The quantitative estimate of drug-likeness (QED) is 0.545. The highest BCUT2D eigenvalue weighted by molar-refractivity contribution is 5.79. The summed E-state index contributed by atoms with van der Waals surface area (Å²) in [5.41, 5.74) is 5.92. The molecular weight excluding hydrogens is 220 g/mol. The summed E-state index contributed by atoms with van der Waals surface area (Å²) in [6.45, 7) is 0.511. The van der Waals surface area contributed by atoms with Gasteiger partial charge in [0.05, 0.1) is 13.0 Å². The number of carbonyl (C=O) groups excluding carboxylic acids is 2. The standard InChI is InChI=1S/C12H22N2O3/c1-17-11(15)7-4-8-14-12(16)9-5-2-3-6-10(9)13/h9-10H,2-8,13H2,1H3,(H,14,16). The van der Waals surface area contributed by atoms with Crippen molar-refractivity contribution in [1.82, 2.24) is 5.32 Å². The SMILES string of the molecule is COC(=O)CCCNC(=O)C1CCCCC1N. The average Bonchev–Trinajstić information content (AvgIpc) is 2.34. The Hall–Kier alpha value is -1.10. The summed E-state index contributed by atoms with van der Waals surface area (Å²) in [4.78, 5) is 22.7. The van der Waals surface area contributed by atoms with Gasteiger partial charge >= 0.3 is 5.97 Å². The first-order chi connectivity index (χ1) is 8.15. The van der Waals surface area contributed by atoms with E-state index in [0.717, 1.165) is 25.7 Å². The highest BCUT2D eigenvalue weighted by Gasteiger charge is 2.27. The van der Waals surface area contributed by atoms with Crippen LogP contribution in [-0.4, -0.2) is 31.6 Å². The lowest BCUT2D eigenvalue weighted by Gasteiger charge is -2.27. The van der Waals surface area contributed by atoms with Crippen molar-refractivity contribution < 1.29 is 14.3 Å². The van der Waals surface area contributed by atoms with E-state index in [1.807, 2.05) is 0 Å². The van der Waals surface area contributed by atoms with Crippen molar-refractivity contribution in [1.29, 1.82) is 0 Å². The predicted molar refractivity (Wildman–Crippen MR) is 64.2 cm³/mol. The van der Waals surface area contributed by atoms with Crippen LogP contribution in [0, 0.1) is 5.92 Å². The van der Waals surface area contributed by atoms with Gasteiger partial charge in [0.2, 0.25) is 5.91 Å². The fourth-order valence-corrected chi connectivity index (χ4v) is 2.16. The molecule has 0 radical (unpaired) electrons. The first-order valence-electron chi connectivity index (χ1n) is 6.25. The number of rotatable bonds is 5. The van der Waals surface area contributed by atoms with E-state index in [-0.39, 0.29) is 23.8 Å². The van der Waals surface area contributed by atoms with E-state index in [1.54, 1.807) is 0 Å². The lowest BCUT2D eigenvalue weighted by molar-refractivity contribution is -0.140. The molecule has 0 heterocycles. The van der Waals surface area contributed by atoms with Crippen LogP contribution in [0.2, 0.25) is 0 Å². The van der Waals surface area contributed by atoms with Gasteiger partial charge in [-0.2, -0.15) is 0 Å². The minimum absolute atomic E-state index is 0.00985. The van der Waals surface area contributed by atoms with E-state index in [9.17, 15) is 9.59 Å². The largest absolute Gasteiger partial charge is 0.469 e. The molecule has 0 aromatic rings. The number of carbonyl (C=O) groups is 2. The molecule has 5 heteroatoms. The van der Waals surface area contributed by atoms with Crippen molar-refractivity contribution in [2.45, 2.75) is 44.6 Å². The molecule has 1 fully saturated rings. The average molecular weight is 242 g/mol. The first kappa shape index (κ1) is 14.0. The third kappa shape index (κ3) is 4.73. The zero-order valence-electron chi connectivity index (χ0n) is 10.4. The Labute approximate surface area is 102 Å². The van der Waals surface area contributed by atoms with Crippen LogP contribution in [0.5, 0.6) is 0 Å². The summed E-state index contributed by atoms with van der Waals surface area (Å²) in [6, 6.07) is -0.00985. The summed E-state index contributed by atoms with van der Waals surface area (Å²) in [5, 5.41) is 2.84. The summed E-state index contributed by atoms with van der Waals surface area (Å²) in [5.74, 6) is -0.266. The molecule has 0 aromatic carbocycles. The number of ether oxygens (including phenoxy) is 1. The van der Waals surface area contributed by atoms with Crippen molar-refractivity contribution in [3.05, 3.63) is 0 Å². The van der Waals surface area contributed by atoms with E-state index in [0.29, 0.717) is 19.4 Å². The van der Waals surface area contributed by atoms with Gasteiger partial charge in [-0.3, -0.25) is 9.59 Å². The number of esters is 1. The molecule has 2 atom stereocenters. The third-order valence-corrected chi connectivity index (χ3v) is 3.24. The maximum absolute atomic E-state index is 11.8. The highest BCUT2D eigenvalue weighted by Crippen LogP contribution is 2.22. The van der Waals surface area contributed by atoms with Crippen molar-refractivity contribution in [2.75, 3.05) is 13.7 Å². The van der Waals surface area contributed by atoms with E-state index < -0.39 is 0 Å². The number of methoxy groups -OCH3 is 1. The minimum Gasteiger partial charge on any atom is -0.469 e. The van der Waals surface area contributed by atoms with Gasteiger partial charge in [0.15, 0.2) is 0 Å². The van der Waals surface area contributed by atoms with E-state index in [1.165, 1.54) is 7.11 Å². The van der Waals surface area contributed by atoms with Crippen LogP contribution in [0.4, 0.5) is 0 Å². The van der Waals surface area contributed by atoms with Crippen LogP contribution in [-0.2, 0) is 14.3 Å². The lowest BCUT2D eigenvalue weighted by Crippen LogP contribution is -2.43. The smallest absolute Gasteiger partial charge is 0.305 e. The van der Waals surface area contributed by atoms with Gasteiger partial charge < -0.3 is 15.8 Å². The fraction of sp³-hybridized carbons (Fsp3) is 0.833. The Morgan fingerprint density at radius 3 is 2.71 bits per heavy atom. The van der Waals surface area contributed by atoms with Crippen LogP contribution in [0.3, 0.4) is 0 Å². The van der Waals surface area contributed by atoms with Crippen molar-refractivity contribution >= 4 is 11.9 Å². The van der Waals surface area contributed by atoms with Gasteiger partial charge in [0.1, 0.15) is 0 Å². The van der Waals surface area contributed by atoms with Crippen LogP contribution < -0.4 is 11.1 Å². The third-order valence-electron chi connectivity index (χ3n) is 3.24. The van der Waals surface area contributed by atoms with E-state index in [2.05, 4.69) is 10.1 Å². The maximum atomic E-state index is 11.8. The summed E-state index contributed by atoms with van der Waals surface area (Å²) < 4.78 is 4.52. The van der Waals surface area contributed by atoms with Gasteiger partial charge in [-0.1, -0.05) is 12.8 Å². The molecule has 1 amide bonds. The second-order valence-electron chi connectivity index (χ2n) is 4.53. The molecule has 0 saturated heterocycles. The Morgan fingerprint density at radius 2 is 2.06 bits per heavy atom. The number of nitrogens with two attached hydrogens (primary N) is 1. The molecule has 0 aromatic heterocycles. The van der Waals surface area contributed by atoms with E-state index in [4.69, 9.17) is 5.73 Å². The van der Waals surface area contributed by atoms with Gasteiger partial charge in [-0.05, 0) is 19.3 Å². The Morgan fingerprint density at radius 1 is 1.35 bits per heavy atom. The van der Waals surface area contributed by atoms with Crippen LogP contribution in [0.1, 0.15) is 38.5 Å². The zero-order chi connectivity index (χ0) is 12.7. The number of nitrogens with one attached hydrogen (secondary N) is 1. The molecule has 98 valence electrons. The summed E-state index contributed by atoms with van der Waals surface area (Å²) in [7, 11) is 1.36. The highest BCUT2D eigenvalue weighted by atomic mass is 16.5. The Bertz CT molecular complexity index is 268. The molecular formula is C12H22N2O3. The molecule has 17 heavy (non-hydrogen) atoms. The second kappa shape index (κ2) is 7.27. The lowest BCUT2D eigenvalue weighted by atomic mass is 9.84. The number of amides is 1. The molecule has 5 nitrogen and oxygen atoms in total. The molecule has 1 saturated carbocycles. The van der Waals surface area contributed by atoms with Gasteiger partial charge in [0.25, 0.3) is 0 Å². The van der Waals surface area contributed by atoms with Gasteiger partial charge in [0, 0.05) is 19.0 Å². The number of hydrogen-bond acceptors (Lipinski definition) is 4. The van der Waals surface area contributed by atoms with Crippen LogP contribution >= 0.6 is 0 Å². The topological polar surface area (TPSA) is 81.4 Å². The van der Waals surface area contributed by atoms with Crippen LogP contribution in [0.25, 0.3) is 0 Å². The molecule has 0 aliphatic heterocycles. The predicted octanol–water partition coefficient (Wildman–Crippen LogP) is 0.573. The van der Waals surface area contributed by atoms with Crippen molar-refractivity contribution in [3.63, 3.8) is 0 Å². The second-order valence-corrected chi connectivity index (χ2v) is 4.53. The minimum atomic E-state index is -0.242. The Kier molecular flexibility index (Phi) is 5.97. The monoisotopic (exact) mass is 242 g/mol. The number of hydrogen-bond donors (Lipinski definition) is 2. The maximum Gasteiger partial charge on any atom is 0.305 e. The van der Waals surface area contributed by atoms with Crippen molar-refractivity contribution in [3.8, 4) is 0 Å². The molecule has 2 unspecified atom stereocenters. The molecule has 1 aliphatic carbocycles. The van der Waals surface area contributed by atoms with Gasteiger partial charge in [-0.25, -0.2) is 0 Å². The van der Waals surface area contributed by atoms with Gasteiger partial charge in [-0.15, -0.1) is 0 Å². The van der Waals surface area contributed by atoms with E-state index >= 15 is 0 Å². The zero-order valence-corrected chi connectivity index (χ0v) is 10.4. The molecule has 3 N–H and O–H groups in total. The van der Waals surface area contributed by atoms with Crippen molar-refractivity contribution in [2.24, 2.45) is 11.7 Å².